The van der Waals surface area contributed by atoms with Gasteiger partial charge in [-0.25, -0.2) is 0 Å². The lowest BCUT2D eigenvalue weighted by Gasteiger charge is -2.23. The normalized spacial score (nSPS) is 23.6. The maximum absolute atomic E-state index is 12.4. The van der Waals surface area contributed by atoms with Gasteiger partial charge >= 0.3 is 0 Å². The Labute approximate surface area is 113 Å². The lowest BCUT2D eigenvalue weighted by atomic mass is 9.86. The van der Waals surface area contributed by atoms with Crippen LogP contribution in [-0.2, 0) is 11.2 Å². The fourth-order valence-corrected chi connectivity index (χ4v) is 3.37. The highest BCUT2D eigenvalue weighted by Gasteiger charge is 2.42. The van der Waals surface area contributed by atoms with Crippen molar-refractivity contribution in [3.63, 3.8) is 0 Å². The second-order valence-electron chi connectivity index (χ2n) is 5.66. The quantitative estimate of drug-likeness (QED) is 0.882. The third-order valence-electron chi connectivity index (χ3n) is 4.54. The van der Waals surface area contributed by atoms with Gasteiger partial charge in [-0.1, -0.05) is 37.1 Å². The second-order valence-corrected chi connectivity index (χ2v) is 5.66. The van der Waals surface area contributed by atoms with Gasteiger partial charge in [-0.15, -0.1) is 0 Å². The van der Waals surface area contributed by atoms with Crippen LogP contribution in [0.1, 0.15) is 49.3 Å². The number of rotatable bonds is 2. The number of benzene rings is 1. The van der Waals surface area contributed by atoms with E-state index in [1.807, 2.05) is 12.1 Å². The molecule has 2 aliphatic rings. The smallest absolute Gasteiger partial charge is 0.240 e. The molecule has 3 rings (SSSR count). The number of hydrogen-bond acceptors (Lipinski definition) is 2. The number of aryl methyl sites for hydroxylation is 1. The second kappa shape index (κ2) is 4.70. The molecule has 1 amide bonds. The van der Waals surface area contributed by atoms with Crippen molar-refractivity contribution in [2.24, 2.45) is 5.41 Å². The zero-order chi connectivity index (χ0) is 13.3. The lowest BCUT2D eigenvalue weighted by Crippen LogP contribution is -2.39. The zero-order valence-corrected chi connectivity index (χ0v) is 11.0. The van der Waals surface area contributed by atoms with E-state index >= 15 is 0 Å². The summed E-state index contributed by atoms with van der Waals surface area (Å²) in [4.78, 5) is 12.4. The molecule has 0 aromatic heterocycles. The average molecular weight is 254 g/mol. The summed E-state index contributed by atoms with van der Waals surface area (Å²) in [6.07, 6.45) is 5.37. The summed E-state index contributed by atoms with van der Waals surface area (Å²) in [7, 11) is 0. The minimum absolute atomic E-state index is 0.0609. The molecule has 1 aromatic carbocycles. The van der Waals surface area contributed by atoms with E-state index in [9.17, 15) is 10.1 Å². The van der Waals surface area contributed by atoms with Crippen molar-refractivity contribution in [3.8, 4) is 6.07 Å². The molecule has 1 N–H and O–H groups in total. The molecule has 2 aliphatic carbocycles. The lowest BCUT2D eigenvalue weighted by molar-refractivity contribution is -0.128. The monoisotopic (exact) mass is 254 g/mol. The first-order valence-electron chi connectivity index (χ1n) is 7.05. The van der Waals surface area contributed by atoms with Crippen LogP contribution in [0.15, 0.2) is 24.3 Å². The van der Waals surface area contributed by atoms with Crippen molar-refractivity contribution in [3.05, 3.63) is 35.4 Å². The SMILES string of the molecule is N#CC1(C(=O)N[C@@H]2CCc3ccccc32)CCCC1. The van der Waals surface area contributed by atoms with Crippen molar-refractivity contribution in [2.45, 2.75) is 44.6 Å². The van der Waals surface area contributed by atoms with Gasteiger partial charge in [0.2, 0.25) is 5.91 Å². The summed E-state index contributed by atoms with van der Waals surface area (Å²) < 4.78 is 0. The Balaban J connectivity index is 1.77. The molecule has 1 saturated carbocycles. The summed E-state index contributed by atoms with van der Waals surface area (Å²) in [5, 5.41) is 12.5. The molecular weight excluding hydrogens is 236 g/mol. The molecule has 0 heterocycles. The summed E-state index contributed by atoms with van der Waals surface area (Å²) >= 11 is 0. The van der Waals surface area contributed by atoms with Gasteiger partial charge in [-0.3, -0.25) is 4.79 Å². The fourth-order valence-electron chi connectivity index (χ4n) is 3.37. The predicted molar refractivity (Wildman–Crippen MR) is 72.2 cm³/mol. The number of amides is 1. The van der Waals surface area contributed by atoms with Crippen LogP contribution in [0.25, 0.3) is 0 Å². The van der Waals surface area contributed by atoms with E-state index in [4.69, 9.17) is 0 Å². The number of nitriles is 1. The molecule has 0 saturated heterocycles. The van der Waals surface area contributed by atoms with Crippen LogP contribution in [0.3, 0.4) is 0 Å². The van der Waals surface area contributed by atoms with Gasteiger partial charge in [0.05, 0.1) is 12.1 Å². The first-order valence-corrected chi connectivity index (χ1v) is 7.05. The third kappa shape index (κ3) is 2.02. The third-order valence-corrected chi connectivity index (χ3v) is 4.54. The van der Waals surface area contributed by atoms with Gasteiger partial charge in [0.25, 0.3) is 0 Å². The predicted octanol–water partition coefficient (Wildman–Crippen LogP) is 2.87. The van der Waals surface area contributed by atoms with Crippen molar-refractivity contribution >= 4 is 5.91 Å². The minimum Gasteiger partial charge on any atom is -0.348 e. The largest absolute Gasteiger partial charge is 0.348 e. The number of hydrogen-bond donors (Lipinski definition) is 1. The molecule has 1 aromatic rings. The van der Waals surface area contributed by atoms with Gasteiger partial charge < -0.3 is 5.32 Å². The number of carbonyl (C=O) groups is 1. The first-order chi connectivity index (χ1) is 9.25. The Kier molecular flexibility index (Phi) is 3.02. The standard InChI is InChI=1S/C16H18N2O/c17-11-16(9-3-4-10-16)15(19)18-14-8-7-12-5-1-2-6-13(12)14/h1-2,5-6,14H,3-4,7-10H2,(H,18,19)/t14-/m1/s1. The molecular formula is C16H18N2O. The Hall–Kier alpha value is -1.82. The van der Waals surface area contributed by atoms with E-state index in [1.54, 1.807) is 0 Å². The zero-order valence-electron chi connectivity index (χ0n) is 11.0. The highest BCUT2D eigenvalue weighted by atomic mass is 16.2. The van der Waals surface area contributed by atoms with E-state index in [0.29, 0.717) is 12.8 Å². The highest BCUT2D eigenvalue weighted by Crippen LogP contribution is 2.39. The van der Waals surface area contributed by atoms with Crippen molar-refractivity contribution in [2.75, 3.05) is 0 Å². The number of carbonyl (C=O) groups excluding carboxylic acids is 1. The van der Waals surface area contributed by atoms with Crippen LogP contribution in [0, 0.1) is 16.7 Å². The molecule has 0 bridgehead atoms. The summed E-state index contributed by atoms with van der Waals surface area (Å²) in [6.45, 7) is 0. The van der Waals surface area contributed by atoms with Gasteiger partial charge in [0.15, 0.2) is 0 Å². The molecule has 0 radical (unpaired) electrons. The Morgan fingerprint density at radius 2 is 2.05 bits per heavy atom. The Morgan fingerprint density at radius 1 is 1.32 bits per heavy atom. The van der Waals surface area contributed by atoms with Gasteiger partial charge in [-0.2, -0.15) is 5.26 Å². The van der Waals surface area contributed by atoms with Crippen LogP contribution in [0.4, 0.5) is 0 Å². The van der Waals surface area contributed by atoms with E-state index < -0.39 is 5.41 Å². The maximum Gasteiger partial charge on any atom is 0.240 e. The number of nitrogens with zero attached hydrogens (tertiary/aromatic N) is 1. The molecule has 19 heavy (non-hydrogen) atoms. The molecule has 0 unspecified atom stereocenters. The molecule has 0 aliphatic heterocycles. The van der Waals surface area contributed by atoms with Crippen LogP contribution in [0.5, 0.6) is 0 Å². The van der Waals surface area contributed by atoms with Crippen molar-refractivity contribution < 1.29 is 4.79 Å². The molecule has 1 fully saturated rings. The minimum atomic E-state index is -0.766. The first kappa shape index (κ1) is 12.2. The van der Waals surface area contributed by atoms with Crippen LogP contribution >= 0.6 is 0 Å². The maximum atomic E-state index is 12.4. The van der Waals surface area contributed by atoms with Crippen LogP contribution < -0.4 is 5.32 Å². The summed E-state index contributed by atoms with van der Waals surface area (Å²) in [5.74, 6) is -0.0609. The summed E-state index contributed by atoms with van der Waals surface area (Å²) in [6, 6.07) is 10.6. The van der Waals surface area contributed by atoms with Crippen molar-refractivity contribution in [1.82, 2.24) is 5.32 Å². The Morgan fingerprint density at radius 3 is 2.79 bits per heavy atom. The van der Waals surface area contributed by atoms with Gasteiger partial charge in [0, 0.05) is 0 Å². The molecule has 98 valence electrons. The number of nitrogens with one attached hydrogen (secondary N) is 1. The summed E-state index contributed by atoms with van der Waals surface area (Å²) in [5.41, 5.74) is 1.78. The topological polar surface area (TPSA) is 52.9 Å². The van der Waals surface area contributed by atoms with E-state index in [0.717, 1.165) is 25.7 Å². The molecule has 1 atom stereocenters. The van der Waals surface area contributed by atoms with Gasteiger partial charge in [0.1, 0.15) is 5.41 Å². The fraction of sp³-hybridized carbons (Fsp3) is 0.500. The highest BCUT2D eigenvalue weighted by molar-refractivity contribution is 5.86. The van der Waals surface area contributed by atoms with Crippen LogP contribution in [-0.4, -0.2) is 5.91 Å². The van der Waals surface area contributed by atoms with Crippen molar-refractivity contribution in [1.29, 1.82) is 5.26 Å². The Bertz CT molecular complexity index is 538. The molecule has 0 spiro atoms. The average Bonchev–Trinajstić information content (AvgIpc) is 3.07. The van der Waals surface area contributed by atoms with Gasteiger partial charge in [-0.05, 0) is 36.8 Å². The van der Waals surface area contributed by atoms with E-state index in [1.165, 1.54) is 11.1 Å². The van der Waals surface area contributed by atoms with E-state index in [2.05, 4.69) is 23.5 Å². The molecule has 3 heteroatoms. The number of fused-ring (bicyclic) bond motifs is 1. The molecule has 3 nitrogen and oxygen atoms in total. The van der Waals surface area contributed by atoms with Crippen LogP contribution in [0.2, 0.25) is 0 Å². The van der Waals surface area contributed by atoms with E-state index in [-0.39, 0.29) is 11.9 Å².